The number of aromatic nitrogens is 2. The molecule has 1 unspecified atom stereocenters. The smallest absolute Gasteiger partial charge is 0.260 e. The number of hydrogen-bond acceptors (Lipinski definition) is 5. The fraction of sp³-hybridized carbons (Fsp3) is 0.429. The normalized spacial score (nSPS) is 22.6. The fourth-order valence-corrected chi connectivity index (χ4v) is 2.39. The second-order valence-electron chi connectivity index (χ2n) is 4.90. The Balaban J connectivity index is 1.97. The van der Waals surface area contributed by atoms with Crippen molar-refractivity contribution in [1.82, 2.24) is 10.1 Å². The average Bonchev–Trinajstić information content (AvgIpc) is 3.08. The van der Waals surface area contributed by atoms with E-state index in [0.717, 1.165) is 30.7 Å². The number of nitrogens with one attached hydrogen (secondary N) is 1. The van der Waals surface area contributed by atoms with E-state index in [-0.39, 0.29) is 0 Å². The van der Waals surface area contributed by atoms with Crippen LogP contribution in [0.5, 0.6) is 0 Å². The van der Waals surface area contributed by atoms with Crippen LogP contribution in [0.2, 0.25) is 0 Å². The third-order valence-corrected chi connectivity index (χ3v) is 3.54. The SMILES string of the molecule is CNc1ccccc1-c1nc(C2(C)CCCO2)no1. The van der Waals surface area contributed by atoms with Gasteiger partial charge >= 0.3 is 0 Å². The lowest BCUT2D eigenvalue weighted by Gasteiger charge is -2.17. The van der Waals surface area contributed by atoms with Crippen LogP contribution in [0.1, 0.15) is 25.6 Å². The maximum absolute atomic E-state index is 5.73. The topological polar surface area (TPSA) is 60.2 Å². The molecule has 0 aliphatic carbocycles. The molecular formula is C14H17N3O2. The summed E-state index contributed by atoms with van der Waals surface area (Å²) < 4.78 is 11.1. The van der Waals surface area contributed by atoms with Gasteiger partial charge in [0.15, 0.2) is 0 Å². The van der Waals surface area contributed by atoms with Gasteiger partial charge in [0.1, 0.15) is 5.60 Å². The zero-order valence-electron chi connectivity index (χ0n) is 11.1. The van der Waals surface area contributed by atoms with Gasteiger partial charge in [0.2, 0.25) is 5.82 Å². The Hall–Kier alpha value is -1.88. The van der Waals surface area contributed by atoms with Gasteiger partial charge in [-0.1, -0.05) is 17.3 Å². The number of ether oxygens (including phenoxy) is 1. The lowest BCUT2D eigenvalue weighted by molar-refractivity contribution is 0.00768. The van der Waals surface area contributed by atoms with Gasteiger partial charge < -0.3 is 14.6 Å². The van der Waals surface area contributed by atoms with E-state index in [9.17, 15) is 0 Å². The summed E-state index contributed by atoms with van der Waals surface area (Å²) in [5, 5.41) is 7.21. The van der Waals surface area contributed by atoms with E-state index in [4.69, 9.17) is 9.26 Å². The zero-order valence-corrected chi connectivity index (χ0v) is 11.1. The van der Waals surface area contributed by atoms with Crippen LogP contribution >= 0.6 is 0 Å². The van der Waals surface area contributed by atoms with E-state index in [1.807, 2.05) is 38.2 Å². The maximum atomic E-state index is 5.73. The number of para-hydroxylation sites is 1. The molecule has 1 aliphatic heterocycles. The number of hydrogen-bond donors (Lipinski definition) is 1. The molecule has 0 spiro atoms. The van der Waals surface area contributed by atoms with E-state index >= 15 is 0 Å². The largest absolute Gasteiger partial charge is 0.387 e. The molecule has 1 atom stereocenters. The molecule has 19 heavy (non-hydrogen) atoms. The third-order valence-electron chi connectivity index (χ3n) is 3.54. The van der Waals surface area contributed by atoms with Crippen molar-refractivity contribution in [2.45, 2.75) is 25.4 Å². The van der Waals surface area contributed by atoms with Crippen LogP contribution in [0.4, 0.5) is 5.69 Å². The van der Waals surface area contributed by atoms with Crippen LogP contribution in [0.3, 0.4) is 0 Å². The van der Waals surface area contributed by atoms with Crippen molar-refractivity contribution >= 4 is 5.69 Å². The van der Waals surface area contributed by atoms with Crippen LogP contribution in [-0.4, -0.2) is 23.8 Å². The Bertz CT molecular complexity index is 574. The molecule has 5 nitrogen and oxygen atoms in total. The van der Waals surface area contributed by atoms with Gasteiger partial charge in [-0.05, 0) is 31.9 Å². The molecule has 0 amide bonds. The first-order valence-corrected chi connectivity index (χ1v) is 6.48. The summed E-state index contributed by atoms with van der Waals surface area (Å²) in [6.07, 6.45) is 1.97. The molecule has 1 N–H and O–H groups in total. The third kappa shape index (κ3) is 2.10. The molecule has 100 valence electrons. The molecule has 5 heteroatoms. The number of rotatable bonds is 3. The maximum Gasteiger partial charge on any atom is 0.260 e. The molecule has 1 aromatic carbocycles. The van der Waals surface area contributed by atoms with Gasteiger partial charge in [-0.3, -0.25) is 0 Å². The molecule has 0 saturated carbocycles. The van der Waals surface area contributed by atoms with Crippen molar-refractivity contribution in [1.29, 1.82) is 0 Å². The highest BCUT2D eigenvalue weighted by molar-refractivity contribution is 5.72. The molecule has 2 heterocycles. The van der Waals surface area contributed by atoms with Crippen molar-refractivity contribution in [3.05, 3.63) is 30.1 Å². The van der Waals surface area contributed by atoms with Gasteiger partial charge in [0, 0.05) is 19.3 Å². The van der Waals surface area contributed by atoms with Crippen molar-refractivity contribution in [2.24, 2.45) is 0 Å². The summed E-state index contributed by atoms with van der Waals surface area (Å²) >= 11 is 0. The van der Waals surface area contributed by atoms with Crippen molar-refractivity contribution in [3.8, 4) is 11.5 Å². The highest BCUT2D eigenvalue weighted by Crippen LogP contribution is 2.35. The van der Waals surface area contributed by atoms with Gasteiger partial charge in [0.05, 0.1) is 5.56 Å². The van der Waals surface area contributed by atoms with Crippen molar-refractivity contribution < 1.29 is 9.26 Å². The highest BCUT2D eigenvalue weighted by atomic mass is 16.5. The predicted octanol–water partition coefficient (Wildman–Crippen LogP) is 2.80. The Morgan fingerprint density at radius 3 is 2.89 bits per heavy atom. The average molecular weight is 259 g/mol. The summed E-state index contributed by atoms with van der Waals surface area (Å²) in [5.41, 5.74) is 1.47. The van der Waals surface area contributed by atoms with Gasteiger partial charge in [0.25, 0.3) is 5.89 Å². The first kappa shape index (κ1) is 12.2. The summed E-state index contributed by atoms with van der Waals surface area (Å²) in [6.45, 7) is 2.77. The molecule has 1 aliphatic rings. The summed E-state index contributed by atoms with van der Waals surface area (Å²) in [7, 11) is 1.87. The van der Waals surface area contributed by atoms with E-state index in [1.54, 1.807) is 0 Å². The number of anilines is 1. The summed E-state index contributed by atoms with van der Waals surface area (Å²) in [4.78, 5) is 4.50. The van der Waals surface area contributed by atoms with E-state index in [1.165, 1.54) is 0 Å². The minimum atomic E-state index is -0.406. The molecule has 3 rings (SSSR count). The van der Waals surface area contributed by atoms with Crippen LogP contribution in [0.15, 0.2) is 28.8 Å². The predicted molar refractivity (Wildman–Crippen MR) is 71.8 cm³/mol. The van der Waals surface area contributed by atoms with E-state index in [2.05, 4.69) is 15.5 Å². The molecule has 1 aromatic heterocycles. The lowest BCUT2D eigenvalue weighted by Crippen LogP contribution is -2.21. The zero-order chi connectivity index (χ0) is 13.3. The molecule has 0 bridgehead atoms. The Morgan fingerprint density at radius 1 is 1.32 bits per heavy atom. The number of nitrogens with zero attached hydrogens (tertiary/aromatic N) is 2. The monoisotopic (exact) mass is 259 g/mol. The van der Waals surface area contributed by atoms with Crippen molar-refractivity contribution in [2.75, 3.05) is 19.0 Å². The Labute approximate surface area is 112 Å². The van der Waals surface area contributed by atoms with E-state index in [0.29, 0.717) is 11.7 Å². The van der Waals surface area contributed by atoms with Gasteiger partial charge in [-0.25, -0.2) is 0 Å². The lowest BCUT2D eigenvalue weighted by atomic mass is 10.0. The second kappa shape index (κ2) is 4.66. The molecule has 2 aromatic rings. The second-order valence-corrected chi connectivity index (χ2v) is 4.90. The van der Waals surface area contributed by atoms with Crippen LogP contribution in [0.25, 0.3) is 11.5 Å². The Kier molecular flexibility index (Phi) is 2.98. The highest BCUT2D eigenvalue weighted by Gasteiger charge is 2.36. The molecule has 1 fully saturated rings. The molecule has 0 radical (unpaired) electrons. The minimum Gasteiger partial charge on any atom is -0.387 e. The number of benzene rings is 1. The fourth-order valence-electron chi connectivity index (χ4n) is 2.39. The van der Waals surface area contributed by atoms with Crippen LogP contribution in [-0.2, 0) is 10.3 Å². The minimum absolute atomic E-state index is 0.406. The Morgan fingerprint density at radius 2 is 2.16 bits per heavy atom. The van der Waals surface area contributed by atoms with Crippen LogP contribution < -0.4 is 5.32 Å². The molecular weight excluding hydrogens is 242 g/mol. The quantitative estimate of drug-likeness (QED) is 0.918. The summed E-state index contributed by atoms with van der Waals surface area (Å²) in [6, 6.07) is 7.86. The van der Waals surface area contributed by atoms with Crippen LogP contribution in [0, 0.1) is 0 Å². The first-order chi connectivity index (χ1) is 9.23. The summed E-state index contributed by atoms with van der Waals surface area (Å²) in [5.74, 6) is 1.16. The van der Waals surface area contributed by atoms with Gasteiger partial charge in [-0.2, -0.15) is 4.98 Å². The van der Waals surface area contributed by atoms with E-state index < -0.39 is 5.60 Å². The van der Waals surface area contributed by atoms with Gasteiger partial charge in [-0.15, -0.1) is 0 Å². The van der Waals surface area contributed by atoms with Crippen molar-refractivity contribution in [3.63, 3.8) is 0 Å². The standard InChI is InChI=1S/C14H17N3O2/c1-14(8-5-9-18-14)13-16-12(19-17-13)10-6-3-4-7-11(10)15-2/h3-4,6-7,15H,5,8-9H2,1-2H3. The first-order valence-electron chi connectivity index (χ1n) is 6.48. The molecule has 1 saturated heterocycles.